The molecule has 6 heteroatoms. The Balaban J connectivity index is 1.59. The molecule has 0 spiro atoms. The van der Waals surface area contributed by atoms with Crippen LogP contribution in [0, 0.1) is 0 Å². The average Bonchev–Trinajstić information content (AvgIpc) is 2.85. The van der Waals surface area contributed by atoms with E-state index in [-0.39, 0.29) is 23.9 Å². The zero-order chi connectivity index (χ0) is 17.8. The predicted molar refractivity (Wildman–Crippen MR) is 97.9 cm³/mol. The molecule has 0 bridgehead atoms. The molecule has 2 aliphatic rings. The summed E-state index contributed by atoms with van der Waals surface area (Å²) in [7, 11) is 0. The molecule has 25 heavy (non-hydrogen) atoms. The summed E-state index contributed by atoms with van der Waals surface area (Å²) in [6.07, 6.45) is 6.56. The zero-order valence-corrected chi connectivity index (χ0v) is 14.9. The number of carbonyl (C=O) groups excluding carboxylic acids is 2. The van der Waals surface area contributed by atoms with Crippen molar-refractivity contribution in [3.05, 3.63) is 18.2 Å². The SMILES string of the molecule is C[C@@H]1Oc2ccc(N[C@H](C)C(=O)NC3CCCCCC3)cc2NC1=O. The minimum atomic E-state index is -0.490. The molecule has 1 aliphatic carbocycles. The molecule has 3 rings (SSSR count). The highest BCUT2D eigenvalue weighted by Gasteiger charge is 2.24. The number of rotatable bonds is 4. The molecule has 136 valence electrons. The van der Waals surface area contributed by atoms with Crippen molar-refractivity contribution in [1.82, 2.24) is 5.32 Å². The van der Waals surface area contributed by atoms with Crippen LogP contribution in [0.25, 0.3) is 0 Å². The Hall–Kier alpha value is -2.24. The second kappa shape index (κ2) is 7.76. The molecule has 0 radical (unpaired) electrons. The van der Waals surface area contributed by atoms with Crippen LogP contribution in [0.15, 0.2) is 18.2 Å². The van der Waals surface area contributed by atoms with E-state index >= 15 is 0 Å². The van der Waals surface area contributed by atoms with Crippen LogP contribution in [-0.4, -0.2) is 30.0 Å². The lowest BCUT2D eigenvalue weighted by atomic mass is 10.1. The molecule has 2 amide bonds. The number of fused-ring (bicyclic) bond motifs is 1. The molecule has 1 saturated carbocycles. The summed E-state index contributed by atoms with van der Waals surface area (Å²) < 4.78 is 5.54. The maximum Gasteiger partial charge on any atom is 0.265 e. The number of nitrogens with one attached hydrogen (secondary N) is 3. The van der Waals surface area contributed by atoms with Gasteiger partial charge in [0.05, 0.1) is 5.69 Å². The highest BCUT2D eigenvalue weighted by molar-refractivity contribution is 5.98. The van der Waals surface area contributed by atoms with E-state index in [0.29, 0.717) is 11.4 Å². The first-order chi connectivity index (χ1) is 12.0. The van der Waals surface area contributed by atoms with E-state index in [1.54, 1.807) is 13.0 Å². The third-order valence-corrected chi connectivity index (χ3v) is 4.89. The minimum absolute atomic E-state index is 0.0125. The summed E-state index contributed by atoms with van der Waals surface area (Å²) in [5, 5.41) is 9.18. The third kappa shape index (κ3) is 4.44. The molecular weight excluding hydrogens is 318 g/mol. The van der Waals surface area contributed by atoms with E-state index < -0.39 is 6.10 Å². The molecule has 0 aromatic heterocycles. The molecule has 0 saturated heterocycles. The van der Waals surface area contributed by atoms with Gasteiger partial charge in [-0.25, -0.2) is 0 Å². The monoisotopic (exact) mass is 345 g/mol. The van der Waals surface area contributed by atoms with Crippen LogP contribution >= 0.6 is 0 Å². The lowest BCUT2D eigenvalue weighted by molar-refractivity contribution is -0.123. The first-order valence-corrected chi connectivity index (χ1v) is 9.21. The van der Waals surface area contributed by atoms with Gasteiger partial charge < -0.3 is 20.7 Å². The van der Waals surface area contributed by atoms with E-state index in [9.17, 15) is 9.59 Å². The van der Waals surface area contributed by atoms with Gasteiger partial charge in [-0.2, -0.15) is 0 Å². The fourth-order valence-corrected chi connectivity index (χ4v) is 3.36. The molecule has 0 unspecified atom stereocenters. The second-order valence-corrected chi connectivity index (χ2v) is 7.02. The van der Waals surface area contributed by atoms with Crippen molar-refractivity contribution in [2.45, 2.75) is 70.6 Å². The largest absolute Gasteiger partial charge is 0.479 e. The van der Waals surface area contributed by atoms with Crippen LogP contribution in [0.3, 0.4) is 0 Å². The highest BCUT2D eigenvalue weighted by Crippen LogP contribution is 2.32. The summed E-state index contributed by atoms with van der Waals surface area (Å²) in [5.41, 5.74) is 1.41. The fraction of sp³-hybridized carbons (Fsp3) is 0.579. The van der Waals surface area contributed by atoms with E-state index in [0.717, 1.165) is 18.5 Å². The number of carbonyl (C=O) groups is 2. The number of benzene rings is 1. The quantitative estimate of drug-likeness (QED) is 0.733. The summed E-state index contributed by atoms with van der Waals surface area (Å²) in [4.78, 5) is 24.2. The summed E-state index contributed by atoms with van der Waals surface area (Å²) >= 11 is 0. The Kier molecular flexibility index (Phi) is 5.46. The van der Waals surface area contributed by atoms with Crippen molar-refractivity contribution >= 4 is 23.2 Å². The molecule has 1 aromatic carbocycles. The third-order valence-electron chi connectivity index (χ3n) is 4.89. The summed E-state index contributed by atoms with van der Waals surface area (Å²) in [6, 6.07) is 5.41. The van der Waals surface area contributed by atoms with Gasteiger partial charge in [-0.05, 0) is 44.9 Å². The second-order valence-electron chi connectivity index (χ2n) is 7.02. The molecule has 1 aliphatic heterocycles. The van der Waals surface area contributed by atoms with Gasteiger partial charge in [0.1, 0.15) is 11.8 Å². The highest BCUT2D eigenvalue weighted by atomic mass is 16.5. The lowest BCUT2D eigenvalue weighted by Gasteiger charge is -2.25. The van der Waals surface area contributed by atoms with Crippen LogP contribution in [0.5, 0.6) is 5.75 Å². The molecule has 1 heterocycles. The van der Waals surface area contributed by atoms with Crippen molar-refractivity contribution in [1.29, 1.82) is 0 Å². The molecule has 6 nitrogen and oxygen atoms in total. The van der Waals surface area contributed by atoms with E-state index in [1.807, 2.05) is 19.1 Å². The van der Waals surface area contributed by atoms with Crippen molar-refractivity contribution < 1.29 is 14.3 Å². The van der Waals surface area contributed by atoms with Crippen LogP contribution in [0.4, 0.5) is 11.4 Å². The number of hydrogen-bond acceptors (Lipinski definition) is 4. The van der Waals surface area contributed by atoms with Crippen molar-refractivity contribution in [3.63, 3.8) is 0 Å². The van der Waals surface area contributed by atoms with Crippen molar-refractivity contribution in [3.8, 4) is 5.75 Å². The first-order valence-electron chi connectivity index (χ1n) is 9.21. The number of anilines is 2. The maximum atomic E-state index is 12.4. The molecule has 1 aromatic rings. The Morgan fingerprint density at radius 1 is 1.24 bits per heavy atom. The molecular formula is C19H27N3O3. The minimum Gasteiger partial charge on any atom is -0.479 e. The standard InChI is InChI=1S/C19H27N3O3/c1-12(18(23)21-14-7-5-3-4-6-8-14)20-15-9-10-17-16(11-15)22-19(24)13(2)25-17/h9-14,20H,3-8H2,1-2H3,(H,21,23)(H,22,24)/t12-,13+/m1/s1. The first kappa shape index (κ1) is 17.6. The van der Waals surface area contributed by atoms with E-state index in [2.05, 4.69) is 16.0 Å². The maximum absolute atomic E-state index is 12.4. The van der Waals surface area contributed by atoms with Crippen molar-refractivity contribution in [2.24, 2.45) is 0 Å². The molecule has 1 fully saturated rings. The Morgan fingerprint density at radius 2 is 1.96 bits per heavy atom. The number of hydrogen-bond donors (Lipinski definition) is 3. The van der Waals surface area contributed by atoms with Gasteiger partial charge in [0.15, 0.2) is 6.10 Å². The van der Waals surface area contributed by atoms with Gasteiger partial charge in [0.2, 0.25) is 5.91 Å². The Labute approximate surface area is 148 Å². The Morgan fingerprint density at radius 3 is 2.68 bits per heavy atom. The molecule has 2 atom stereocenters. The normalized spacial score (nSPS) is 22.0. The Bertz CT molecular complexity index is 639. The van der Waals surface area contributed by atoms with E-state index in [1.165, 1.54) is 25.7 Å². The summed E-state index contributed by atoms with van der Waals surface area (Å²) in [5.74, 6) is 0.496. The van der Waals surface area contributed by atoms with Gasteiger partial charge >= 0.3 is 0 Å². The van der Waals surface area contributed by atoms with E-state index in [4.69, 9.17) is 4.74 Å². The summed E-state index contributed by atoms with van der Waals surface area (Å²) in [6.45, 7) is 3.56. The lowest BCUT2D eigenvalue weighted by Crippen LogP contribution is -2.43. The van der Waals surface area contributed by atoms with Gasteiger partial charge in [0, 0.05) is 11.7 Å². The van der Waals surface area contributed by atoms with Crippen LogP contribution in [0.1, 0.15) is 52.4 Å². The zero-order valence-electron chi connectivity index (χ0n) is 14.9. The van der Waals surface area contributed by atoms with Gasteiger partial charge in [0.25, 0.3) is 5.91 Å². The molecule has 3 N–H and O–H groups in total. The number of ether oxygens (including phenoxy) is 1. The smallest absolute Gasteiger partial charge is 0.265 e. The average molecular weight is 345 g/mol. The predicted octanol–water partition coefficient (Wildman–Crippen LogP) is 3.05. The van der Waals surface area contributed by atoms with Gasteiger partial charge in [-0.3, -0.25) is 9.59 Å². The topological polar surface area (TPSA) is 79.5 Å². The van der Waals surface area contributed by atoms with Crippen LogP contribution in [-0.2, 0) is 9.59 Å². The fourth-order valence-electron chi connectivity index (χ4n) is 3.36. The van der Waals surface area contributed by atoms with Crippen molar-refractivity contribution in [2.75, 3.05) is 10.6 Å². The number of amides is 2. The van der Waals surface area contributed by atoms with Gasteiger partial charge in [-0.1, -0.05) is 25.7 Å². The van der Waals surface area contributed by atoms with Gasteiger partial charge in [-0.15, -0.1) is 0 Å². The van der Waals surface area contributed by atoms with Crippen LogP contribution in [0.2, 0.25) is 0 Å². The van der Waals surface area contributed by atoms with Crippen LogP contribution < -0.4 is 20.7 Å².